The van der Waals surface area contributed by atoms with Gasteiger partial charge in [-0.15, -0.1) is 0 Å². The predicted octanol–water partition coefficient (Wildman–Crippen LogP) is 10.0. The van der Waals surface area contributed by atoms with Crippen molar-refractivity contribution in [2.45, 2.75) is 26.2 Å². The van der Waals surface area contributed by atoms with Gasteiger partial charge in [0.05, 0.1) is 5.92 Å². The van der Waals surface area contributed by atoms with Crippen LogP contribution in [0.5, 0.6) is 0 Å². The standard InChI is InChI=1S/C41H33N3/c1-26-17-19-30-12-8-16-36(37(30)25-26)40-42-39(43-41(44-40)38-27(2)18-20-29-10-4-6-14-35(29)38)32-23-21-31(22-24-32)34-15-7-11-28-9-3-5-13-33(28)34/h3-24,26-27,38H,25H2,1-2H3. The first-order valence-corrected chi connectivity index (χ1v) is 15.5. The Balaban J connectivity index is 1.28. The molecule has 3 unspecified atom stereocenters. The Hall–Kier alpha value is -5.15. The molecule has 44 heavy (non-hydrogen) atoms. The van der Waals surface area contributed by atoms with E-state index in [2.05, 4.69) is 147 Å². The van der Waals surface area contributed by atoms with Crippen molar-refractivity contribution >= 4 is 22.9 Å². The molecule has 0 saturated carbocycles. The highest BCUT2D eigenvalue weighted by atomic mass is 15.0. The van der Waals surface area contributed by atoms with E-state index in [1.165, 1.54) is 44.2 Å². The minimum Gasteiger partial charge on any atom is -0.212 e. The maximum absolute atomic E-state index is 5.25. The molecule has 2 aliphatic rings. The normalized spacial score (nSPS) is 18.6. The van der Waals surface area contributed by atoms with Gasteiger partial charge in [0.25, 0.3) is 0 Å². The van der Waals surface area contributed by atoms with Gasteiger partial charge in [-0.05, 0) is 62.4 Å². The number of hydrogen-bond donors (Lipinski definition) is 0. The molecule has 0 spiro atoms. The lowest BCUT2D eigenvalue weighted by molar-refractivity contribution is 0.584. The third-order valence-electron chi connectivity index (χ3n) is 9.19. The lowest BCUT2D eigenvalue weighted by atomic mass is 9.79. The fourth-order valence-electron chi connectivity index (χ4n) is 6.88. The van der Waals surface area contributed by atoms with Crippen molar-refractivity contribution in [2.24, 2.45) is 11.8 Å². The van der Waals surface area contributed by atoms with Gasteiger partial charge in [-0.25, -0.2) is 15.0 Å². The summed E-state index contributed by atoms with van der Waals surface area (Å²) in [7, 11) is 0. The van der Waals surface area contributed by atoms with Crippen LogP contribution in [-0.4, -0.2) is 15.0 Å². The van der Waals surface area contributed by atoms with Crippen LogP contribution in [0.15, 0.2) is 121 Å². The maximum atomic E-state index is 5.25. The molecule has 0 N–H and O–H groups in total. The Bertz CT molecular complexity index is 2080. The van der Waals surface area contributed by atoms with Crippen LogP contribution in [0.1, 0.15) is 47.8 Å². The SMILES string of the molecule is CC1C=Cc2cccc(-c3nc(-c4ccc(-c5cccc6ccccc56)cc4)nc(C4c5ccccc5C=CC4C)n3)c2C1. The summed E-state index contributed by atoms with van der Waals surface area (Å²) in [4.78, 5) is 15.6. The lowest BCUT2D eigenvalue weighted by Gasteiger charge is -2.27. The second-order valence-corrected chi connectivity index (χ2v) is 12.2. The Morgan fingerprint density at radius 3 is 2.16 bits per heavy atom. The number of nitrogens with zero attached hydrogens (tertiary/aromatic N) is 3. The minimum atomic E-state index is 0.0463. The van der Waals surface area contributed by atoms with Gasteiger partial charge in [0.15, 0.2) is 11.6 Å². The van der Waals surface area contributed by atoms with Crippen LogP contribution in [-0.2, 0) is 6.42 Å². The van der Waals surface area contributed by atoms with Gasteiger partial charge in [-0.3, -0.25) is 0 Å². The number of aromatic nitrogens is 3. The van der Waals surface area contributed by atoms with Crippen molar-refractivity contribution in [1.29, 1.82) is 0 Å². The maximum Gasteiger partial charge on any atom is 0.164 e. The van der Waals surface area contributed by atoms with Crippen molar-refractivity contribution in [3.8, 4) is 33.9 Å². The van der Waals surface area contributed by atoms with Crippen LogP contribution < -0.4 is 0 Å². The zero-order valence-electron chi connectivity index (χ0n) is 25.0. The quantitative estimate of drug-likeness (QED) is 0.213. The van der Waals surface area contributed by atoms with Crippen LogP contribution >= 0.6 is 0 Å². The molecule has 8 rings (SSSR count). The van der Waals surface area contributed by atoms with Crippen LogP contribution in [0.3, 0.4) is 0 Å². The van der Waals surface area contributed by atoms with E-state index >= 15 is 0 Å². The molecule has 0 aliphatic heterocycles. The number of fused-ring (bicyclic) bond motifs is 3. The Labute approximate surface area is 258 Å². The van der Waals surface area contributed by atoms with Gasteiger partial charge >= 0.3 is 0 Å². The summed E-state index contributed by atoms with van der Waals surface area (Å²) in [5.74, 6) is 3.07. The molecule has 3 heteroatoms. The van der Waals surface area contributed by atoms with Crippen LogP contribution in [0.25, 0.3) is 56.8 Å². The second-order valence-electron chi connectivity index (χ2n) is 12.2. The summed E-state index contributed by atoms with van der Waals surface area (Å²) in [5.41, 5.74) is 9.56. The lowest BCUT2D eigenvalue weighted by Crippen LogP contribution is -2.18. The van der Waals surface area contributed by atoms with Gasteiger partial charge < -0.3 is 0 Å². The molecule has 3 atom stereocenters. The molecule has 0 saturated heterocycles. The van der Waals surface area contributed by atoms with E-state index < -0.39 is 0 Å². The smallest absolute Gasteiger partial charge is 0.164 e. The predicted molar refractivity (Wildman–Crippen MR) is 182 cm³/mol. The third-order valence-corrected chi connectivity index (χ3v) is 9.19. The number of allylic oxidation sites excluding steroid dienone is 2. The molecular weight excluding hydrogens is 534 g/mol. The first kappa shape index (κ1) is 26.5. The number of benzene rings is 5. The summed E-state index contributed by atoms with van der Waals surface area (Å²) in [6.07, 6.45) is 10.0. The molecule has 212 valence electrons. The van der Waals surface area contributed by atoms with E-state index in [4.69, 9.17) is 15.0 Å². The highest BCUT2D eigenvalue weighted by molar-refractivity contribution is 5.96. The third kappa shape index (κ3) is 4.66. The van der Waals surface area contributed by atoms with E-state index in [0.717, 1.165) is 29.2 Å². The van der Waals surface area contributed by atoms with E-state index in [1.54, 1.807) is 0 Å². The highest BCUT2D eigenvalue weighted by Gasteiger charge is 2.29. The first-order valence-electron chi connectivity index (χ1n) is 15.5. The van der Waals surface area contributed by atoms with Crippen molar-refractivity contribution < 1.29 is 0 Å². The van der Waals surface area contributed by atoms with E-state index in [1.807, 2.05) is 0 Å². The summed E-state index contributed by atoms with van der Waals surface area (Å²) in [5, 5.41) is 2.50. The molecule has 0 bridgehead atoms. The van der Waals surface area contributed by atoms with Crippen LogP contribution in [0.4, 0.5) is 0 Å². The molecule has 2 aliphatic carbocycles. The molecule has 5 aromatic carbocycles. The average molecular weight is 568 g/mol. The van der Waals surface area contributed by atoms with Gasteiger partial charge in [-0.1, -0.05) is 147 Å². The van der Waals surface area contributed by atoms with Crippen LogP contribution in [0, 0.1) is 11.8 Å². The summed E-state index contributed by atoms with van der Waals surface area (Å²) < 4.78 is 0. The topological polar surface area (TPSA) is 38.7 Å². The summed E-state index contributed by atoms with van der Waals surface area (Å²) >= 11 is 0. The Morgan fingerprint density at radius 2 is 1.25 bits per heavy atom. The molecule has 1 aromatic heterocycles. The Kier molecular flexibility index (Phi) is 6.52. The number of rotatable bonds is 4. The highest BCUT2D eigenvalue weighted by Crippen LogP contribution is 2.40. The van der Waals surface area contributed by atoms with Crippen molar-refractivity contribution in [2.75, 3.05) is 0 Å². The van der Waals surface area contributed by atoms with Crippen molar-refractivity contribution in [3.05, 3.63) is 149 Å². The first-order chi connectivity index (χ1) is 21.6. The molecule has 0 amide bonds. The average Bonchev–Trinajstić information content (AvgIpc) is 3.07. The minimum absolute atomic E-state index is 0.0463. The van der Waals surface area contributed by atoms with Gasteiger partial charge in [0, 0.05) is 11.1 Å². The van der Waals surface area contributed by atoms with E-state index in [-0.39, 0.29) is 11.8 Å². The molecule has 3 nitrogen and oxygen atoms in total. The molecule has 0 radical (unpaired) electrons. The Morgan fingerprint density at radius 1 is 0.568 bits per heavy atom. The van der Waals surface area contributed by atoms with E-state index in [0.29, 0.717) is 11.7 Å². The summed E-state index contributed by atoms with van der Waals surface area (Å²) in [6, 6.07) is 38.9. The van der Waals surface area contributed by atoms with Gasteiger partial charge in [0.1, 0.15) is 5.82 Å². The number of hydrogen-bond acceptors (Lipinski definition) is 3. The van der Waals surface area contributed by atoms with Crippen molar-refractivity contribution in [1.82, 2.24) is 15.0 Å². The molecular formula is C41H33N3. The molecule has 0 fully saturated rings. The van der Waals surface area contributed by atoms with Gasteiger partial charge in [-0.2, -0.15) is 0 Å². The molecule has 6 aromatic rings. The fourth-order valence-corrected chi connectivity index (χ4v) is 6.88. The molecule has 1 heterocycles. The fraction of sp³-hybridized carbons (Fsp3) is 0.146. The van der Waals surface area contributed by atoms with E-state index in [9.17, 15) is 0 Å². The summed E-state index contributed by atoms with van der Waals surface area (Å²) in [6.45, 7) is 4.53. The second kappa shape index (κ2) is 10.8. The van der Waals surface area contributed by atoms with Crippen LogP contribution in [0.2, 0.25) is 0 Å². The zero-order chi connectivity index (χ0) is 29.6. The largest absolute Gasteiger partial charge is 0.212 e. The van der Waals surface area contributed by atoms with Gasteiger partial charge in [0.2, 0.25) is 0 Å². The zero-order valence-corrected chi connectivity index (χ0v) is 25.0. The van der Waals surface area contributed by atoms with Crippen molar-refractivity contribution in [3.63, 3.8) is 0 Å². The monoisotopic (exact) mass is 567 g/mol.